The van der Waals surface area contributed by atoms with Gasteiger partial charge >= 0.3 is 11.8 Å². The molecule has 7 nitrogen and oxygen atoms in total. The summed E-state index contributed by atoms with van der Waals surface area (Å²) < 4.78 is 15.8. The molecule has 1 unspecified atom stereocenters. The zero-order chi connectivity index (χ0) is 19.6. The normalized spacial score (nSPS) is 11.4. The van der Waals surface area contributed by atoms with Gasteiger partial charge in [0.1, 0.15) is 17.6 Å². The van der Waals surface area contributed by atoms with Crippen molar-refractivity contribution in [3.63, 3.8) is 0 Å². The van der Waals surface area contributed by atoms with Crippen LogP contribution in [-0.2, 0) is 20.9 Å². The Morgan fingerprint density at radius 2 is 1.56 bits per heavy atom. The first-order chi connectivity index (χ1) is 13.1. The smallest absolute Gasteiger partial charge is 0.309 e. The van der Waals surface area contributed by atoms with E-state index in [4.69, 9.17) is 14.2 Å². The summed E-state index contributed by atoms with van der Waals surface area (Å²) >= 11 is 0. The zero-order valence-electron chi connectivity index (χ0n) is 15.7. The van der Waals surface area contributed by atoms with Gasteiger partial charge in [-0.25, -0.2) is 0 Å². The van der Waals surface area contributed by atoms with Crippen LogP contribution < -0.4 is 20.1 Å². The van der Waals surface area contributed by atoms with Crippen molar-refractivity contribution < 1.29 is 23.8 Å². The average molecular weight is 372 g/mol. The maximum absolute atomic E-state index is 12.0. The number of nitrogens with one attached hydrogen (secondary N) is 2. The second-order valence-corrected chi connectivity index (χ2v) is 5.71. The highest BCUT2D eigenvalue weighted by Crippen LogP contribution is 2.26. The summed E-state index contributed by atoms with van der Waals surface area (Å²) in [7, 11) is 4.68. The summed E-state index contributed by atoms with van der Waals surface area (Å²) in [5.41, 5.74) is 1.65. The van der Waals surface area contributed by atoms with Crippen molar-refractivity contribution in [1.82, 2.24) is 10.6 Å². The van der Waals surface area contributed by atoms with Gasteiger partial charge in [-0.3, -0.25) is 9.59 Å². The van der Waals surface area contributed by atoms with Crippen LogP contribution in [0.2, 0.25) is 0 Å². The minimum absolute atomic E-state index is 0.145. The fourth-order valence-electron chi connectivity index (χ4n) is 2.52. The molecular formula is C20H24N2O5. The van der Waals surface area contributed by atoms with E-state index in [-0.39, 0.29) is 13.1 Å². The Bertz CT molecular complexity index is 761. The van der Waals surface area contributed by atoms with Crippen LogP contribution in [0.15, 0.2) is 48.5 Å². The summed E-state index contributed by atoms with van der Waals surface area (Å²) in [4.78, 5) is 24.0. The molecule has 2 N–H and O–H groups in total. The molecule has 2 amide bonds. The van der Waals surface area contributed by atoms with Crippen LogP contribution in [0.25, 0.3) is 0 Å². The molecule has 0 aromatic heterocycles. The first kappa shape index (κ1) is 20.3. The summed E-state index contributed by atoms with van der Waals surface area (Å²) in [6, 6.07) is 14.6. The Balaban J connectivity index is 1.86. The molecule has 0 aliphatic heterocycles. The highest BCUT2D eigenvalue weighted by molar-refractivity contribution is 6.35. The molecular weight excluding hydrogens is 348 g/mol. The minimum atomic E-state index is -0.722. The Labute approximate surface area is 158 Å². The third kappa shape index (κ3) is 5.72. The Hall–Kier alpha value is -3.06. The van der Waals surface area contributed by atoms with E-state index >= 15 is 0 Å². The molecule has 0 radical (unpaired) electrons. The van der Waals surface area contributed by atoms with E-state index in [9.17, 15) is 9.59 Å². The predicted octanol–water partition coefficient (Wildman–Crippen LogP) is 1.82. The molecule has 27 heavy (non-hydrogen) atoms. The van der Waals surface area contributed by atoms with Crippen molar-refractivity contribution in [2.45, 2.75) is 12.6 Å². The number of benzene rings is 2. The maximum Gasteiger partial charge on any atom is 0.309 e. The van der Waals surface area contributed by atoms with Crippen molar-refractivity contribution in [1.29, 1.82) is 0 Å². The molecule has 0 spiro atoms. The number of hydrogen-bond donors (Lipinski definition) is 2. The van der Waals surface area contributed by atoms with E-state index in [1.807, 2.05) is 36.4 Å². The fourth-order valence-corrected chi connectivity index (χ4v) is 2.52. The molecule has 0 saturated heterocycles. The van der Waals surface area contributed by atoms with Crippen LogP contribution >= 0.6 is 0 Å². The molecule has 0 fully saturated rings. The van der Waals surface area contributed by atoms with Gasteiger partial charge in [0.2, 0.25) is 0 Å². The number of methoxy groups -OCH3 is 3. The lowest BCUT2D eigenvalue weighted by Gasteiger charge is -2.18. The van der Waals surface area contributed by atoms with Gasteiger partial charge in [0.15, 0.2) is 0 Å². The topological polar surface area (TPSA) is 85.9 Å². The Kier molecular flexibility index (Phi) is 7.63. The lowest BCUT2D eigenvalue weighted by molar-refractivity contribution is -0.139. The van der Waals surface area contributed by atoms with Crippen molar-refractivity contribution in [2.24, 2.45) is 0 Å². The second-order valence-electron chi connectivity index (χ2n) is 5.71. The third-order valence-electron chi connectivity index (χ3n) is 4.04. The van der Waals surface area contributed by atoms with Gasteiger partial charge in [-0.2, -0.15) is 0 Å². The largest absolute Gasteiger partial charge is 0.497 e. The molecule has 0 aliphatic carbocycles. The van der Waals surface area contributed by atoms with Gasteiger partial charge in [0, 0.05) is 25.8 Å². The van der Waals surface area contributed by atoms with Gasteiger partial charge < -0.3 is 24.8 Å². The summed E-state index contributed by atoms with van der Waals surface area (Å²) in [5.74, 6) is -0.0477. The van der Waals surface area contributed by atoms with Crippen LogP contribution in [-0.4, -0.2) is 39.7 Å². The van der Waals surface area contributed by atoms with Crippen LogP contribution in [0.3, 0.4) is 0 Å². The maximum atomic E-state index is 12.0. The van der Waals surface area contributed by atoms with Crippen molar-refractivity contribution in [3.8, 4) is 11.5 Å². The van der Waals surface area contributed by atoms with Crippen LogP contribution in [0.5, 0.6) is 11.5 Å². The van der Waals surface area contributed by atoms with E-state index in [0.717, 1.165) is 16.9 Å². The number of para-hydroxylation sites is 1. The molecule has 0 saturated carbocycles. The van der Waals surface area contributed by atoms with E-state index in [1.165, 1.54) is 7.11 Å². The van der Waals surface area contributed by atoms with E-state index < -0.39 is 17.9 Å². The monoisotopic (exact) mass is 372 g/mol. The van der Waals surface area contributed by atoms with Gasteiger partial charge in [-0.05, 0) is 23.8 Å². The van der Waals surface area contributed by atoms with Gasteiger partial charge in [-0.15, -0.1) is 0 Å². The zero-order valence-corrected chi connectivity index (χ0v) is 15.7. The first-order valence-electron chi connectivity index (χ1n) is 8.43. The molecule has 2 rings (SSSR count). The molecule has 2 aromatic rings. The van der Waals surface area contributed by atoms with Gasteiger partial charge in [0.05, 0.1) is 14.2 Å². The number of carbonyl (C=O) groups is 2. The Morgan fingerprint density at radius 1 is 0.889 bits per heavy atom. The number of ether oxygens (including phenoxy) is 3. The van der Waals surface area contributed by atoms with Crippen LogP contribution in [0.1, 0.15) is 17.2 Å². The summed E-state index contributed by atoms with van der Waals surface area (Å²) in [6.45, 7) is 0.391. The number of carbonyl (C=O) groups excluding carboxylic acids is 2. The van der Waals surface area contributed by atoms with Crippen LogP contribution in [0.4, 0.5) is 0 Å². The first-order valence-corrected chi connectivity index (χ1v) is 8.43. The Morgan fingerprint density at radius 3 is 2.19 bits per heavy atom. The average Bonchev–Trinajstić information content (AvgIpc) is 2.72. The fraction of sp³-hybridized carbons (Fsp3) is 0.300. The van der Waals surface area contributed by atoms with Crippen LogP contribution in [0, 0.1) is 0 Å². The molecule has 0 heterocycles. The minimum Gasteiger partial charge on any atom is -0.497 e. The van der Waals surface area contributed by atoms with E-state index in [2.05, 4.69) is 10.6 Å². The standard InChI is InChI=1S/C20H24N2O5/c1-25-15-10-8-14(9-11-15)12-21-19(23)20(24)22-13-18(27-3)16-6-4-5-7-17(16)26-2/h4-11,18H,12-13H2,1-3H3,(H,21,23)(H,22,24). The van der Waals surface area contributed by atoms with Gasteiger partial charge in [-0.1, -0.05) is 30.3 Å². The highest BCUT2D eigenvalue weighted by Gasteiger charge is 2.19. The third-order valence-corrected chi connectivity index (χ3v) is 4.04. The number of rotatable bonds is 8. The lowest BCUT2D eigenvalue weighted by atomic mass is 10.1. The quantitative estimate of drug-likeness (QED) is 0.691. The molecule has 0 bridgehead atoms. The molecule has 144 valence electrons. The summed E-state index contributed by atoms with van der Waals surface area (Å²) in [5, 5.41) is 5.17. The lowest BCUT2D eigenvalue weighted by Crippen LogP contribution is -2.41. The summed E-state index contributed by atoms with van der Waals surface area (Å²) in [6.07, 6.45) is -0.431. The molecule has 1 atom stereocenters. The van der Waals surface area contributed by atoms with Gasteiger partial charge in [0.25, 0.3) is 0 Å². The second kappa shape index (κ2) is 10.2. The van der Waals surface area contributed by atoms with Crippen molar-refractivity contribution in [2.75, 3.05) is 27.9 Å². The molecule has 2 aromatic carbocycles. The van der Waals surface area contributed by atoms with Crippen molar-refractivity contribution in [3.05, 3.63) is 59.7 Å². The van der Waals surface area contributed by atoms with E-state index in [1.54, 1.807) is 26.4 Å². The predicted molar refractivity (Wildman–Crippen MR) is 101 cm³/mol. The highest BCUT2D eigenvalue weighted by atomic mass is 16.5. The van der Waals surface area contributed by atoms with Crippen molar-refractivity contribution >= 4 is 11.8 Å². The molecule has 7 heteroatoms. The SMILES string of the molecule is COc1ccc(CNC(=O)C(=O)NCC(OC)c2ccccc2OC)cc1. The molecule has 0 aliphatic rings. The van der Waals surface area contributed by atoms with E-state index in [0.29, 0.717) is 5.75 Å². The number of hydrogen-bond acceptors (Lipinski definition) is 5. The number of amides is 2.